The number of anilines is 6. The van der Waals surface area contributed by atoms with E-state index >= 15 is 0 Å². The van der Waals surface area contributed by atoms with Crippen LogP contribution in [0.4, 0.5) is 35.7 Å². The summed E-state index contributed by atoms with van der Waals surface area (Å²) in [7, 11) is -11.2. The van der Waals surface area contributed by atoms with Gasteiger partial charge in [0.05, 0.1) is 0 Å². The summed E-state index contributed by atoms with van der Waals surface area (Å²) in [4.78, 5) is 22.7. The van der Waals surface area contributed by atoms with E-state index in [1.165, 1.54) is 18.2 Å². The van der Waals surface area contributed by atoms with Gasteiger partial charge in [0.1, 0.15) is 5.66 Å². The third kappa shape index (κ3) is 5.68. The summed E-state index contributed by atoms with van der Waals surface area (Å²) in [5.74, 6) is -3.66. The standard InChI is InChI=1S/C20H24N12O6S2/c21-13-25-14(22)28-17(27-13)31-19(32-18-29-15(23)26-16(24)30-18)9-8-12(7-6-11-4-2-1-3-5-11)20(10-19,39(33,34)35)40(36,37)38/h1-9,12H,10H2,(H,33,34,35)(H,36,37,38)(H5,21,22,25,27,28,31)(H5,23,24,26,29,30,32). The zero-order valence-electron chi connectivity index (χ0n) is 20.3. The maximum atomic E-state index is 12.9. The Kier molecular flexibility index (Phi) is 7.19. The van der Waals surface area contributed by atoms with Crippen LogP contribution in [-0.2, 0) is 20.2 Å². The number of rotatable bonds is 8. The highest BCUT2D eigenvalue weighted by atomic mass is 32.3. The second kappa shape index (κ2) is 10.1. The molecule has 0 saturated carbocycles. The number of nitrogens with one attached hydrogen (secondary N) is 2. The minimum atomic E-state index is -5.61. The quantitative estimate of drug-likeness (QED) is 0.0916. The van der Waals surface area contributed by atoms with Crippen LogP contribution in [0, 0.1) is 5.92 Å². The van der Waals surface area contributed by atoms with Gasteiger partial charge in [-0.15, -0.1) is 0 Å². The molecule has 0 fully saturated rings. The maximum absolute atomic E-state index is 12.9. The lowest BCUT2D eigenvalue weighted by Crippen LogP contribution is -2.62. The third-order valence-corrected chi connectivity index (χ3v) is 9.64. The molecule has 0 saturated heterocycles. The van der Waals surface area contributed by atoms with Gasteiger partial charge in [0.15, 0.2) is 0 Å². The lowest BCUT2D eigenvalue weighted by atomic mass is 9.86. The van der Waals surface area contributed by atoms with Crippen molar-refractivity contribution in [2.24, 2.45) is 5.92 Å². The van der Waals surface area contributed by atoms with Gasteiger partial charge < -0.3 is 33.6 Å². The van der Waals surface area contributed by atoms with Gasteiger partial charge in [-0.2, -0.15) is 46.7 Å². The van der Waals surface area contributed by atoms with E-state index in [1.54, 1.807) is 30.3 Å². The highest BCUT2D eigenvalue weighted by Gasteiger charge is 2.64. The summed E-state index contributed by atoms with van der Waals surface area (Å²) in [6, 6.07) is 8.48. The fourth-order valence-corrected chi connectivity index (χ4v) is 7.05. The van der Waals surface area contributed by atoms with Crippen molar-refractivity contribution in [3.8, 4) is 0 Å². The summed E-state index contributed by atoms with van der Waals surface area (Å²) in [5.41, 5.74) is 21.1. The monoisotopic (exact) mass is 592 g/mol. The molecule has 0 amide bonds. The predicted molar refractivity (Wildman–Crippen MR) is 146 cm³/mol. The summed E-state index contributed by atoms with van der Waals surface area (Å²) < 4.78 is 69.2. The number of benzene rings is 1. The fourth-order valence-electron chi connectivity index (χ4n) is 4.16. The molecule has 2 aromatic heterocycles. The molecule has 40 heavy (non-hydrogen) atoms. The van der Waals surface area contributed by atoms with Gasteiger partial charge in [-0.25, -0.2) is 0 Å². The molecule has 18 nitrogen and oxygen atoms in total. The van der Waals surface area contributed by atoms with Crippen molar-refractivity contribution in [2.75, 3.05) is 33.6 Å². The molecule has 212 valence electrons. The van der Waals surface area contributed by atoms with Gasteiger partial charge >= 0.3 is 0 Å². The molecule has 0 spiro atoms. The number of nitrogens with zero attached hydrogens (tertiary/aromatic N) is 6. The molecule has 3 aromatic rings. The van der Waals surface area contributed by atoms with Gasteiger partial charge in [-0.1, -0.05) is 48.6 Å². The van der Waals surface area contributed by atoms with Crippen LogP contribution in [0.2, 0.25) is 0 Å². The first-order valence-corrected chi connectivity index (χ1v) is 14.0. The second-order valence-corrected chi connectivity index (χ2v) is 12.2. The van der Waals surface area contributed by atoms with Crippen molar-refractivity contribution in [1.82, 2.24) is 29.9 Å². The van der Waals surface area contributed by atoms with Gasteiger partial charge in [-0.05, 0) is 11.6 Å². The Hall–Kier alpha value is -4.66. The molecule has 1 unspecified atom stereocenters. The highest BCUT2D eigenvalue weighted by molar-refractivity contribution is 8.05. The van der Waals surface area contributed by atoms with Crippen molar-refractivity contribution in [3.63, 3.8) is 0 Å². The smallest absolute Gasteiger partial charge is 0.288 e. The topological polar surface area (TPSA) is 314 Å². The summed E-state index contributed by atoms with van der Waals surface area (Å²) in [6.07, 6.45) is 3.92. The predicted octanol–water partition coefficient (Wildman–Crippen LogP) is -0.633. The molecular weight excluding hydrogens is 568 g/mol. The number of nitrogens with two attached hydrogens (primary N) is 4. The number of hydrogen-bond acceptors (Lipinski definition) is 16. The average molecular weight is 593 g/mol. The first-order valence-electron chi connectivity index (χ1n) is 11.1. The molecule has 1 aliphatic rings. The number of allylic oxidation sites excluding steroid dienone is 2. The molecule has 1 aromatic carbocycles. The largest absolute Gasteiger partial charge is 0.368 e. The first-order chi connectivity index (χ1) is 18.6. The van der Waals surface area contributed by atoms with Crippen LogP contribution < -0.4 is 33.6 Å². The Morgan fingerprint density at radius 3 is 1.65 bits per heavy atom. The summed E-state index contributed by atoms with van der Waals surface area (Å²) in [5, 5.41) is 5.36. The Bertz CT molecular complexity index is 1570. The molecule has 4 rings (SSSR count). The third-order valence-electron chi connectivity index (χ3n) is 5.80. The first kappa shape index (κ1) is 28.4. The highest BCUT2D eigenvalue weighted by Crippen LogP contribution is 2.46. The average Bonchev–Trinajstić information content (AvgIpc) is 2.81. The molecule has 1 aliphatic carbocycles. The molecule has 0 aliphatic heterocycles. The molecule has 0 radical (unpaired) electrons. The van der Waals surface area contributed by atoms with Crippen molar-refractivity contribution >= 4 is 62.0 Å². The van der Waals surface area contributed by atoms with E-state index in [9.17, 15) is 25.9 Å². The van der Waals surface area contributed by atoms with E-state index < -0.39 is 42.3 Å². The van der Waals surface area contributed by atoms with Crippen LogP contribution >= 0.6 is 0 Å². The van der Waals surface area contributed by atoms with Gasteiger partial charge in [0.2, 0.25) is 39.8 Å². The van der Waals surface area contributed by atoms with Crippen molar-refractivity contribution in [3.05, 3.63) is 54.1 Å². The molecule has 12 N–H and O–H groups in total. The fraction of sp³-hybridized carbons (Fsp3) is 0.200. The van der Waals surface area contributed by atoms with E-state index in [4.69, 9.17) is 22.9 Å². The van der Waals surface area contributed by atoms with E-state index in [0.717, 1.165) is 6.08 Å². The SMILES string of the molecule is Nc1nc(N)nc(NC2(Nc3nc(N)nc(N)n3)C=CC(C=Cc3ccccc3)C(S(=O)(=O)O)(S(=O)(=O)O)C2)n1. The minimum Gasteiger partial charge on any atom is -0.368 e. The van der Waals surface area contributed by atoms with Gasteiger partial charge in [-0.3, -0.25) is 9.11 Å². The van der Waals surface area contributed by atoms with Crippen molar-refractivity contribution < 1.29 is 25.9 Å². The number of aromatic nitrogens is 6. The van der Waals surface area contributed by atoms with E-state index in [0.29, 0.717) is 5.56 Å². The van der Waals surface area contributed by atoms with Crippen LogP contribution in [0.25, 0.3) is 6.08 Å². The molecular formula is C20H24N12O6S2. The van der Waals surface area contributed by atoms with Crippen molar-refractivity contribution in [2.45, 2.75) is 16.2 Å². The van der Waals surface area contributed by atoms with Crippen LogP contribution in [0.3, 0.4) is 0 Å². The number of hydrogen-bond donors (Lipinski definition) is 8. The molecule has 1 atom stereocenters. The maximum Gasteiger partial charge on any atom is 0.288 e. The summed E-state index contributed by atoms with van der Waals surface area (Å²) >= 11 is 0. The zero-order valence-corrected chi connectivity index (χ0v) is 22.0. The normalized spacial score (nSPS) is 18.4. The van der Waals surface area contributed by atoms with Crippen molar-refractivity contribution in [1.29, 1.82) is 0 Å². The molecule has 20 heteroatoms. The Balaban J connectivity index is 1.94. The van der Waals surface area contributed by atoms with Crippen LogP contribution in [-0.4, -0.2) is 65.6 Å². The second-order valence-electron chi connectivity index (χ2n) is 8.57. The van der Waals surface area contributed by atoms with Gasteiger partial charge in [0, 0.05) is 12.3 Å². The lowest BCUT2D eigenvalue weighted by molar-refractivity contribution is 0.361. The lowest BCUT2D eigenvalue weighted by Gasteiger charge is -2.44. The number of nitrogen functional groups attached to an aromatic ring is 4. The van der Waals surface area contributed by atoms with E-state index in [2.05, 4.69) is 40.5 Å². The Morgan fingerprint density at radius 2 is 1.23 bits per heavy atom. The summed E-state index contributed by atoms with van der Waals surface area (Å²) in [6.45, 7) is 0. The Labute approximate surface area is 227 Å². The van der Waals surface area contributed by atoms with E-state index in [-0.39, 0.29) is 35.7 Å². The molecule has 0 bridgehead atoms. The van der Waals surface area contributed by atoms with Gasteiger partial charge in [0.25, 0.3) is 20.2 Å². The van der Waals surface area contributed by atoms with Crippen LogP contribution in [0.1, 0.15) is 12.0 Å². The zero-order chi connectivity index (χ0) is 29.3. The van der Waals surface area contributed by atoms with Crippen LogP contribution in [0.5, 0.6) is 0 Å². The minimum absolute atomic E-state index is 0.335. The Morgan fingerprint density at radius 1 is 0.775 bits per heavy atom. The van der Waals surface area contributed by atoms with E-state index in [1.807, 2.05) is 0 Å². The van der Waals surface area contributed by atoms with Crippen LogP contribution in [0.15, 0.2) is 48.6 Å². The molecule has 2 heterocycles.